The number of nitrogen functional groups attached to an aromatic ring is 1. The lowest BCUT2D eigenvalue weighted by molar-refractivity contribution is 0.101. The summed E-state index contributed by atoms with van der Waals surface area (Å²) in [6.45, 7) is 3.29. The fraction of sp³-hybridized carbons (Fsp3) is 0.154. The Labute approximate surface area is 99.1 Å². The van der Waals surface area contributed by atoms with Crippen molar-refractivity contribution >= 4 is 11.5 Å². The maximum atomic E-state index is 11.4. The van der Waals surface area contributed by atoms with Crippen LogP contribution in [0.5, 0.6) is 5.75 Å². The highest BCUT2D eigenvalue weighted by Gasteiger charge is 2.16. The van der Waals surface area contributed by atoms with Crippen LogP contribution in [0.1, 0.15) is 23.0 Å². The predicted octanol–water partition coefficient (Wildman–Crippen LogP) is 2.48. The Bertz CT molecular complexity index is 585. The average Bonchev–Trinajstić information content (AvgIpc) is 2.54. The van der Waals surface area contributed by atoms with Crippen LogP contribution in [0.4, 0.5) is 5.69 Å². The van der Waals surface area contributed by atoms with Crippen LogP contribution in [0.2, 0.25) is 0 Å². The van der Waals surface area contributed by atoms with E-state index < -0.39 is 0 Å². The monoisotopic (exact) mass is 230 g/mol. The zero-order valence-electron chi connectivity index (χ0n) is 9.74. The normalized spacial score (nSPS) is 10.5. The van der Waals surface area contributed by atoms with E-state index in [2.05, 4.69) is 4.98 Å². The molecular formula is C13H14N2O2. The van der Waals surface area contributed by atoms with E-state index in [-0.39, 0.29) is 11.5 Å². The molecule has 17 heavy (non-hydrogen) atoms. The van der Waals surface area contributed by atoms with E-state index >= 15 is 0 Å². The summed E-state index contributed by atoms with van der Waals surface area (Å²) in [5.74, 6) is 0.0983. The number of aromatic nitrogens is 1. The van der Waals surface area contributed by atoms with Gasteiger partial charge in [0.15, 0.2) is 5.78 Å². The second-order valence-corrected chi connectivity index (χ2v) is 4.02. The van der Waals surface area contributed by atoms with Gasteiger partial charge in [-0.15, -0.1) is 0 Å². The lowest BCUT2D eigenvalue weighted by Gasteiger charge is -2.01. The number of hydrogen-bond acceptors (Lipinski definition) is 3. The number of Topliss-reactive ketones (excluding diaryl/α,β-unsaturated/α-hetero) is 1. The molecule has 1 aromatic carbocycles. The van der Waals surface area contributed by atoms with E-state index in [4.69, 9.17) is 5.73 Å². The number of aromatic hydroxyl groups is 1. The van der Waals surface area contributed by atoms with Gasteiger partial charge in [-0.05, 0) is 26.0 Å². The number of anilines is 1. The first kappa shape index (κ1) is 11.3. The van der Waals surface area contributed by atoms with Gasteiger partial charge in [-0.2, -0.15) is 0 Å². The molecule has 0 amide bonds. The van der Waals surface area contributed by atoms with Crippen LogP contribution in [0.25, 0.3) is 11.3 Å². The summed E-state index contributed by atoms with van der Waals surface area (Å²) >= 11 is 0. The Morgan fingerprint density at radius 2 is 2.12 bits per heavy atom. The van der Waals surface area contributed by atoms with Crippen molar-refractivity contribution in [1.82, 2.24) is 4.98 Å². The van der Waals surface area contributed by atoms with Crippen molar-refractivity contribution in [1.29, 1.82) is 0 Å². The van der Waals surface area contributed by atoms with Crippen LogP contribution < -0.4 is 5.73 Å². The van der Waals surface area contributed by atoms with E-state index in [1.165, 1.54) is 6.92 Å². The first-order valence-electron chi connectivity index (χ1n) is 5.29. The van der Waals surface area contributed by atoms with Gasteiger partial charge in [0.25, 0.3) is 0 Å². The van der Waals surface area contributed by atoms with Gasteiger partial charge in [-0.1, -0.05) is 12.1 Å². The van der Waals surface area contributed by atoms with Gasteiger partial charge in [0, 0.05) is 11.3 Å². The Kier molecular flexibility index (Phi) is 2.63. The number of benzene rings is 1. The molecule has 4 N–H and O–H groups in total. The van der Waals surface area contributed by atoms with Gasteiger partial charge in [-0.25, -0.2) is 0 Å². The number of phenolic OH excluding ortho intramolecular Hbond substituents is 1. The van der Waals surface area contributed by atoms with Crippen molar-refractivity contribution in [3.63, 3.8) is 0 Å². The Balaban J connectivity index is 2.62. The molecule has 2 aromatic rings. The fourth-order valence-electron chi connectivity index (χ4n) is 1.99. The third kappa shape index (κ3) is 1.89. The number of hydrogen-bond donors (Lipinski definition) is 3. The highest BCUT2D eigenvalue weighted by molar-refractivity contribution is 6.03. The minimum atomic E-state index is -0.0670. The number of rotatable bonds is 2. The number of carbonyl (C=O) groups is 1. The predicted molar refractivity (Wildman–Crippen MR) is 67.0 cm³/mol. The molecule has 0 saturated carbocycles. The summed E-state index contributed by atoms with van der Waals surface area (Å²) in [5.41, 5.74) is 9.08. The standard InChI is InChI=1S/C13H14N2O2/c1-7-11(8(2)16)12(14)13(15-7)9-4-3-5-10(17)6-9/h3-6,15,17H,14H2,1-2H3. The minimum Gasteiger partial charge on any atom is -0.508 e. The summed E-state index contributed by atoms with van der Waals surface area (Å²) < 4.78 is 0. The Hall–Kier alpha value is -2.23. The van der Waals surface area contributed by atoms with Crippen LogP contribution in [-0.4, -0.2) is 15.9 Å². The van der Waals surface area contributed by atoms with Gasteiger partial charge in [0.2, 0.25) is 0 Å². The van der Waals surface area contributed by atoms with Crippen LogP contribution >= 0.6 is 0 Å². The lowest BCUT2D eigenvalue weighted by atomic mass is 10.1. The topological polar surface area (TPSA) is 79.1 Å². The Morgan fingerprint density at radius 1 is 1.41 bits per heavy atom. The lowest BCUT2D eigenvalue weighted by Crippen LogP contribution is -1.98. The molecule has 0 aliphatic carbocycles. The summed E-state index contributed by atoms with van der Waals surface area (Å²) in [6, 6.07) is 6.74. The molecule has 4 nitrogen and oxygen atoms in total. The molecule has 1 aromatic heterocycles. The maximum absolute atomic E-state index is 11.4. The average molecular weight is 230 g/mol. The van der Waals surface area contributed by atoms with Crippen molar-refractivity contribution in [2.75, 3.05) is 5.73 Å². The van der Waals surface area contributed by atoms with Gasteiger partial charge in [0.1, 0.15) is 5.75 Å². The first-order valence-corrected chi connectivity index (χ1v) is 5.29. The first-order chi connectivity index (χ1) is 8.00. The largest absolute Gasteiger partial charge is 0.508 e. The summed E-state index contributed by atoms with van der Waals surface area (Å²) in [4.78, 5) is 14.5. The van der Waals surface area contributed by atoms with E-state index in [9.17, 15) is 9.90 Å². The molecule has 0 unspecified atom stereocenters. The number of nitrogens with one attached hydrogen (secondary N) is 1. The van der Waals surface area contributed by atoms with Crippen molar-refractivity contribution < 1.29 is 9.90 Å². The number of ketones is 1. The van der Waals surface area contributed by atoms with E-state index in [1.54, 1.807) is 25.1 Å². The summed E-state index contributed by atoms with van der Waals surface area (Å²) in [6.07, 6.45) is 0. The third-order valence-corrected chi connectivity index (χ3v) is 2.71. The summed E-state index contributed by atoms with van der Waals surface area (Å²) in [5, 5.41) is 9.43. The number of carbonyl (C=O) groups excluding carboxylic acids is 1. The number of H-pyrrole nitrogens is 1. The molecule has 0 bridgehead atoms. The van der Waals surface area contributed by atoms with E-state index in [1.807, 2.05) is 6.07 Å². The van der Waals surface area contributed by atoms with Gasteiger partial charge in [0.05, 0.1) is 16.9 Å². The molecule has 0 atom stereocenters. The zero-order chi connectivity index (χ0) is 12.6. The summed E-state index contributed by atoms with van der Waals surface area (Å²) in [7, 11) is 0. The molecule has 2 rings (SSSR count). The zero-order valence-corrected chi connectivity index (χ0v) is 9.74. The Morgan fingerprint density at radius 3 is 2.65 bits per heavy atom. The second kappa shape index (κ2) is 3.97. The molecule has 0 aliphatic heterocycles. The van der Waals surface area contributed by atoms with Gasteiger partial charge in [-0.3, -0.25) is 4.79 Å². The quantitative estimate of drug-likeness (QED) is 0.693. The minimum absolute atomic E-state index is 0.0670. The molecule has 88 valence electrons. The number of nitrogens with two attached hydrogens (primary N) is 1. The van der Waals surface area contributed by atoms with Crippen molar-refractivity contribution in [2.24, 2.45) is 0 Å². The van der Waals surface area contributed by atoms with Gasteiger partial charge < -0.3 is 15.8 Å². The molecule has 0 fully saturated rings. The maximum Gasteiger partial charge on any atom is 0.163 e. The molecule has 4 heteroatoms. The number of aryl methyl sites for hydroxylation is 1. The van der Waals surface area contributed by atoms with Crippen LogP contribution in [0.15, 0.2) is 24.3 Å². The van der Waals surface area contributed by atoms with Crippen molar-refractivity contribution in [3.8, 4) is 17.0 Å². The molecular weight excluding hydrogens is 216 g/mol. The van der Waals surface area contributed by atoms with Gasteiger partial charge >= 0.3 is 0 Å². The molecule has 0 aliphatic rings. The molecule has 0 saturated heterocycles. The van der Waals surface area contributed by atoms with Crippen LogP contribution in [0, 0.1) is 6.92 Å². The number of aromatic amines is 1. The smallest absolute Gasteiger partial charge is 0.163 e. The molecule has 0 radical (unpaired) electrons. The van der Waals surface area contributed by atoms with Crippen LogP contribution in [-0.2, 0) is 0 Å². The second-order valence-electron chi connectivity index (χ2n) is 4.02. The highest BCUT2D eigenvalue weighted by Crippen LogP contribution is 2.32. The van der Waals surface area contributed by atoms with Crippen LogP contribution in [0.3, 0.4) is 0 Å². The van der Waals surface area contributed by atoms with E-state index in [0.717, 1.165) is 11.3 Å². The fourth-order valence-corrected chi connectivity index (χ4v) is 1.99. The van der Waals surface area contributed by atoms with Crippen molar-refractivity contribution in [2.45, 2.75) is 13.8 Å². The highest BCUT2D eigenvalue weighted by atomic mass is 16.3. The number of phenols is 1. The van der Waals surface area contributed by atoms with Crippen molar-refractivity contribution in [3.05, 3.63) is 35.5 Å². The third-order valence-electron chi connectivity index (χ3n) is 2.71. The molecule has 0 spiro atoms. The van der Waals surface area contributed by atoms with E-state index in [0.29, 0.717) is 16.9 Å². The SMILES string of the molecule is CC(=O)c1c(C)[nH]c(-c2cccc(O)c2)c1N. The molecule has 1 heterocycles.